The van der Waals surface area contributed by atoms with Gasteiger partial charge in [0.2, 0.25) is 0 Å². The van der Waals surface area contributed by atoms with E-state index in [4.69, 9.17) is 26.8 Å². The van der Waals surface area contributed by atoms with E-state index >= 15 is 0 Å². The zero-order chi connectivity index (χ0) is 20.1. The maximum Gasteiger partial charge on any atom is 0.255 e. The lowest BCUT2D eigenvalue weighted by molar-refractivity contribution is -0.119. The summed E-state index contributed by atoms with van der Waals surface area (Å²) in [6.07, 6.45) is 4.91. The number of carbonyl (C=O) groups is 2. The molecular weight excluding hydrogens is 386 g/mol. The Balaban J connectivity index is 1.88. The van der Waals surface area contributed by atoms with Crippen LogP contribution >= 0.6 is 11.6 Å². The Labute approximate surface area is 165 Å². The first kappa shape index (κ1) is 19.2. The van der Waals surface area contributed by atoms with E-state index in [9.17, 15) is 9.59 Å². The summed E-state index contributed by atoms with van der Waals surface area (Å²) in [4.78, 5) is 27.9. The largest absolute Gasteiger partial charge is 0.493 e. The molecule has 144 valence electrons. The quantitative estimate of drug-likeness (QED) is 0.624. The van der Waals surface area contributed by atoms with Gasteiger partial charge in [0, 0.05) is 24.2 Å². The van der Waals surface area contributed by atoms with Gasteiger partial charge in [-0.25, -0.2) is 9.67 Å². The topological polar surface area (TPSA) is 121 Å². The summed E-state index contributed by atoms with van der Waals surface area (Å²) in [7, 11) is 1.39. The van der Waals surface area contributed by atoms with Gasteiger partial charge in [-0.1, -0.05) is 11.6 Å². The molecule has 10 heteroatoms. The molecule has 0 aliphatic carbocycles. The smallest absolute Gasteiger partial charge is 0.255 e. The van der Waals surface area contributed by atoms with E-state index in [1.54, 1.807) is 36.8 Å². The van der Waals surface area contributed by atoms with E-state index in [-0.39, 0.29) is 28.7 Å². The summed E-state index contributed by atoms with van der Waals surface area (Å²) >= 11 is 6.19. The number of methoxy groups -OCH3 is 1. The molecular formula is C18H16ClN5O4. The Hall–Kier alpha value is -3.59. The molecule has 3 rings (SSSR count). The third kappa shape index (κ3) is 4.21. The van der Waals surface area contributed by atoms with Crippen LogP contribution in [0.15, 0.2) is 48.9 Å². The molecule has 0 spiro atoms. The molecule has 0 aliphatic heterocycles. The van der Waals surface area contributed by atoms with Gasteiger partial charge < -0.3 is 20.5 Å². The van der Waals surface area contributed by atoms with Crippen LogP contribution in [0.1, 0.15) is 10.4 Å². The second kappa shape index (κ2) is 8.40. The summed E-state index contributed by atoms with van der Waals surface area (Å²) in [6.45, 7) is -0.370. The lowest BCUT2D eigenvalue weighted by Gasteiger charge is -2.14. The van der Waals surface area contributed by atoms with Crippen molar-refractivity contribution in [3.05, 3.63) is 59.5 Å². The van der Waals surface area contributed by atoms with E-state index in [0.717, 1.165) is 0 Å². The van der Waals surface area contributed by atoms with Gasteiger partial charge in [-0.15, -0.1) is 0 Å². The van der Waals surface area contributed by atoms with E-state index < -0.39 is 11.8 Å². The SMILES string of the molecule is COc1cc(C(=O)Nc2cccnc2-n2cccn2)cc(Cl)c1OCC(N)=O. The van der Waals surface area contributed by atoms with Crippen molar-refractivity contribution in [2.24, 2.45) is 5.73 Å². The van der Waals surface area contributed by atoms with Gasteiger partial charge in [-0.3, -0.25) is 9.59 Å². The van der Waals surface area contributed by atoms with Gasteiger partial charge >= 0.3 is 0 Å². The van der Waals surface area contributed by atoms with Crippen molar-refractivity contribution in [1.29, 1.82) is 0 Å². The molecule has 0 radical (unpaired) electrons. The number of benzene rings is 1. The maximum atomic E-state index is 12.7. The number of ether oxygens (including phenoxy) is 2. The molecule has 2 amide bonds. The molecule has 0 unspecified atom stereocenters. The van der Waals surface area contributed by atoms with Crippen LogP contribution < -0.4 is 20.5 Å². The standard InChI is InChI=1S/C18H16ClN5O4/c1-27-14-9-11(8-12(19)16(14)28-10-15(20)25)18(26)23-13-4-2-5-21-17(13)24-7-3-6-22-24/h2-9H,10H2,1H3,(H2,20,25)(H,23,26). The Bertz CT molecular complexity index is 1010. The van der Waals surface area contributed by atoms with Gasteiger partial charge in [0.15, 0.2) is 23.9 Å². The predicted molar refractivity (Wildman–Crippen MR) is 102 cm³/mol. The monoisotopic (exact) mass is 401 g/mol. The van der Waals surface area contributed by atoms with Crippen LogP contribution in [-0.2, 0) is 4.79 Å². The Morgan fingerprint density at radius 2 is 2.11 bits per heavy atom. The van der Waals surface area contributed by atoms with Crippen LogP contribution in [0.5, 0.6) is 11.5 Å². The average molecular weight is 402 g/mol. The molecule has 28 heavy (non-hydrogen) atoms. The van der Waals surface area contributed by atoms with Gasteiger partial charge in [0.05, 0.1) is 17.8 Å². The number of nitrogens with one attached hydrogen (secondary N) is 1. The first-order valence-corrected chi connectivity index (χ1v) is 8.42. The molecule has 2 aromatic heterocycles. The second-order valence-electron chi connectivity index (χ2n) is 5.52. The normalized spacial score (nSPS) is 10.4. The molecule has 0 saturated carbocycles. The summed E-state index contributed by atoms with van der Waals surface area (Å²) in [5.74, 6) is -0.332. The molecule has 1 aromatic carbocycles. The fourth-order valence-corrected chi connectivity index (χ4v) is 2.67. The number of anilines is 1. The van der Waals surface area contributed by atoms with Crippen molar-refractivity contribution < 1.29 is 19.1 Å². The van der Waals surface area contributed by atoms with Gasteiger partial charge in [-0.2, -0.15) is 5.10 Å². The highest BCUT2D eigenvalue weighted by molar-refractivity contribution is 6.32. The molecule has 0 saturated heterocycles. The summed E-state index contributed by atoms with van der Waals surface area (Å²) in [5.41, 5.74) is 5.76. The maximum absolute atomic E-state index is 12.7. The fourth-order valence-electron chi connectivity index (χ4n) is 2.40. The lowest BCUT2D eigenvalue weighted by Crippen LogP contribution is -2.20. The minimum atomic E-state index is -0.664. The third-order valence-corrected chi connectivity index (χ3v) is 3.89. The molecule has 0 fully saturated rings. The minimum absolute atomic E-state index is 0.101. The highest BCUT2D eigenvalue weighted by atomic mass is 35.5. The Morgan fingerprint density at radius 1 is 1.29 bits per heavy atom. The average Bonchev–Trinajstić information content (AvgIpc) is 3.21. The lowest BCUT2D eigenvalue weighted by atomic mass is 10.1. The van der Waals surface area contributed by atoms with Gasteiger partial charge in [0.1, 0.15) is 0 Å². The predicted octanol–water partition coefficient (Wildman–Crippen LogP) is 2.05. The van der Waals surface area contributed by atoms with Crippen molar-refractivity contribution in [3.8, 4) is 17.3 Å². The molecule has 0 atom stereocenters. The summed E-state index contributed by atoms with van der Waals surface area (Å²) < 4.78 is 12.0. The zero-order valence-electron chi connectivity index (χ0n) is 14.8. The number of rotatable bonds is 7. The molecule has 9 nitrogen and oxygen atoms in total. The molecule has 0 bridgehead atoms. The van der Waals surface area contributed by atoms with Crippen LogP contribution in [0, 0.1) is 0 Å². The van der Waals surface area contributed by atoms with Crippen molar-refractivity contribution in [3.63, 3.8) is 0 Å². The first-order chi connectivity index (χ1) is 13.5. The number of carbonyl (C=O) groups excluding carboxylic acids is 2. The van der Waals surface area contributed by atoms with Crippen molar-refractivity contribution >= 4 is 29.1 Å². The number of pyridine rings is 1. The zero-order valence-corrected chi connectivity index (χ0v) is 15.5. The number of aromatic nitrogens is 3. The van der Waals surface area contributed by atoms with Crippen LogP contribution in [0.2, 0.25) is 5.02 Å². The van der Waals surface area contributed by atoms with E-state index in [2.05, 4.69) is 15.4 Å². The number of nitrogens with zero attached hydrogens (tertiary/aromatic N) is 3. The number of hydrogen-bond acceptors (Lipinski definition) is 6. The number of primary amides is 1. The fraction of sp³-hybridized carbons (Fsp3) is 0.111. The molecule has 3 aromatic rings. The first-order valence-electron chi connectivity index (χ1n) is 8.04. The van der Waals surface area contributed by atoms with E-state index in [0.29, 0.717) is 11.5 Å². The van der Waals surface area contributed by atoms with Crippen LogP contribution in [0.25, 0.3) is 5.82 Å². The van der Waals surface area contributed by atoms with Crippen molar-refractivity contribution in [2.75, 3.05) is 19.0 Å². The highest BCUT2D eigenvalue weighted by Crippen LogP contribution is 2.36. The van der Waals surface area contributed by atoms with E-state index in [1.165, 1.54) is 23.9 Å². The van der Waals surface area contributed by atoms with Gasteiger partial charge in [0.25, 0.3) is 11.8 Å². The Morgan fingerprint density at radius 3 is 2.79 bits per heavy atom. The van der Waals surface area contributed by atoms with E-state index in [1.807, 2.05) is 0 Å². The Kier molecular flexibility index (Phi) is 5.75. The minimum Gasteiger partial charge on any atom is -0.493 e. The van der Waals surface area contributed by atoms with Gasteiger partial charge in [-0.05, 0) is 30.3 Å². The molecule has 3 N–H and O–H groups in total. The van der Waals surface area contributed by atoms with Crippen LogP contribution in [-0.4, -0.2) is 40.3 Å². The number of nitrogens with two attached hydrogens (primary N) is 1. The molecule has 0 aliphatic rings. The number of amides is 2. The number of halogens is 1. The second-order valence-corrected chi connectivity index (χ2v) is 5.93. The summed E-state index contributed by atoms with van der Waals surface area (Å²) in [5, 5.41) is 7.00. The number of hydrogen-bond donors (Lipinski definition) is 2. The third-order valence-electron chi connectivity index (χ3n) is 3.61. The molecule has 2 heterocycles. The van der Waals surface area contributed by atoms with Crippen molar-refractivity contribution in [1.82, 2.24) is 14.8 Å². The highest BCUT2D eigenvalue weighted by Gasteiger charge is 2.18. The van der Waals surface area contributed by atoms with Crippen LogP contribution in [0.3, 0.4) is 0 Å². The summed E-state index contributed by atoms with van der Waals surface area (Å²) in [6, 6.07) is 7.99. The van der Waals surface area contributed by atoms with Crippen LogP contribution in [0.4, 0.5) is 5.69 Å². The van der Waals surface area contributed by atoms with Crippen molar-refractivity contribution in [2.45, 2.75) is 0 Å².